The van der Waals surface area contributed by atoms with Crippen LogP contribution in [0, 0.1) is 0 Å². The van der Waals surface area contributed by atoms with Gasteiger partial charge in [0.2, 0.25) is 0 Å². The minimum absolute atomic E-state index is 0.0782. The number of allylic oxidation sites excluding steroid dienone is 4. The zero-order valence-corrected chi connectivity index (χ0v) is 23.6. The largest absolute Gasteiger partial charge is 0.0836 e. The first kappa shape index (κ1) is 24.1. The smallest absolute Gasteiger partial charge is 0.0159 e. The van der Waals surface area contributed by atoms with Crippen molar-refractivity contribution in [2.45, 2.75) is 32.1 Å². The Hall–Kier alpha value is -4.68. The first-order valence-electron chi connectivity index (χ1n) is 14.8. The first-order valence-corrected chi connectivity index (χ1v) is 14.8. The van der Waals surface area contributed by atoms with Crippen molar-refractivity contribution in [2.24, 2.45) is 0 Å². The summed E-state index contributed by atoms with van der Waals surface area (Å²) in [5.41, 5.74) is 13.4. The van der Waals surface area contributed by atoms with E-state index in [0.717, 1.165) is 12.8 Å². The minimum Gasteiger partial charge on any atom is -0.0836 e. The molecule has 0 fully saturated rings. The summed E-state index contributed by atoms with van der Waals surface area (Å²) in [6.45, 7) is 4.79. The van der Waals surface area contributed by atoms with E-state index in [2.05, 4.69) is 147 Å². The number of hydrogen-bond acceptors (Lipinski definition) is 0. The molecule has 0 aromatic heterocycles. The first-order chi connectivity index (χ1) is 20.1. The molecule has 41 heavy (non-hydrogen) atoms. The van der Waals surface area contributed by atoms with Gasteiger partial charge >= 0.3 is 0 Å². The third-order valence-corrected chi connectivity index (χ3v) is 9.29. The quantitative estimate of drug-likeness (QED) is 0.202. The van der Waals surface area contributed by atoms with Gasteiger partial charge in [-0.05, 0) is 102 Å². The van der Waals surface area contributed by atoms with Crippen molar-refractivity contribution in [3.05, 3.63) is 150 Å². The molecule has 0 bridgehead atoms. The fourth-order valence-electron chi connectivity index (χ4n) is 7.26. The van der Waals surface area contributed by atoms with E-state index in [1.165, 1.54) is 77.2 Å². The van der Waals surface area contributed by atoms with E-state index in [4.69, 9.17) is 0 Å². The monoisotopic (exact) mass is 524 g/mol. The summed E-state index contributed by atoms with van der Waals surface area (Å²) in [5.74, 6) is 0. The normalized spacial score (nSPS) is 15.1. The van der Waals surface area contributed by atoms with Gasteiger partial charge in [0.15, 0.2) is 0 Å². The topological polar surface area (TPSA) is 0 Å². The second kappa shape index (κ2) is 9.18. The number of hydrogen-bond donors (Lipinski definition) is 0. The Morgan fingerprint density at radius 1 is 0.488 bits per heavy atom. The molecule has 2 aliphatic rings. The SMILES string of the molecule is CC1(C)c2cc(C3=CCCC=C3)ccc2-c2ccc(-c3c4ccccc4c(-c4ccccc4)c4ccccc34)cc21. The lowest BCUT2D eigenvalue weighted by atomic mass is 9.80. The van der Waals surface area contributed by atoms with Crippen LogP contribution < -0.4 is 0 Å². The third-order valence-electron chi connectivity index (χ3n) is 9.29. The van der Waals surface area contributed by atoms with E-state index in [1.807, 2.05) is 0 Å². The molecule has 0 amide bonds. The molecular weight excluding hydrogens is 492 g/mol. The van der Waals surface area contributed by atoms with E-state index in [9.17, 15) is 0 Å². The van der Waals surface area contributed by atoms with Crippen molar-refractivity contribution in [3.63, 3.8) is 0 Å². The van der Waals surface area contributed by atoms with Crippen molar-refractivity contribution in [2.75, 3.05) is 0 Å². The standard InChI is InChI=1S/C41H32/c1-41(2)37-25-29(27-13-5-3-6-14-27)21-23-31(37)32-24-22-30(26-38(32)41)40-35-19-11-9-17-33(35)39(28-15-7-4-8-16-28)34-18-10-12-20-36(34)40/h4-5,7-26H,3,6H2,1-2H3. The minimum atomic E-state index is -0.0782. The van der Waals surface area contributed by atoms with E-state index in [1.54, 1.807) is 0 Å². The average molecular weight is 525 g/mol. The van der Waals surface area contributed by atoms with Crippen LogP contribution in [-0.4, -0.2) is 0 Å². The molecule has 0 heterocycles. The van der Waals surface area contributed by atoms with E-state index < -0.39 is 0 Å². The Morgan fingerprint density at radius 2 is 1.00 bits per heavy atom. The maximum absolute atomic E-state index is 2.48. The summed E-state index contributed by atoms with van der Waals surface area (Å²) in [6.07, 6.45) is 9.23. The molecule has 0 unspecified atom stereocenters. The lowest BCUT2D eigenvalue weighted by Crippen LogP contribution is -2.15. The summed E-state index contributed by atoms with van der Waals surface area (Å²) in [7, 11) is 0. The van der Waals surface area contributed by atoms with Gasteiger partial charge in [0.05, 0.1) is 0 Å². The van der Waals surface area contributed by atoms with Crippen molar-refractivity contribution < 1.29 is 0 Å². The summed E-state index contributed by atoms with van der Waals surface area (Å²) in [4.78, 5) is 0. The highest BCUT2D eigenvalue weighted by molar-refractivity contribution is 6.21. The molecule has 8 rings (SSSR count). The molecular formula is C41H32. The van der Waals surface area contributed by atoms with Crippen LogP contribution in [0.2, 0.25) is 0 Å². The fourth-order valence-corrected chi connectivity index (χ4v) is 7.26. The summed E-state index contributed by atoms with van der Waals surface area (Å²) in [6, 6.07) is 43.0. The second-order valence-electron chi connectivity index (χ2n) is 12.0. The lowest BCUT2D eigenvalue weighted by molar-refractivity contribution is 0.660. The van der Waals surface area contributed by atoms with Crippen LogP contribution in [0.15, 0.2) is 133 Å². The Kier molecular flexibility index (Phi) is 5.41. The predicted octanol–water partition coefficient (Wildman–Crippen LogP) is 11.4. The van der Waals surface area contributed by atoms with E-state index in [0.29, 0.717) is 0 Å². The van der Waals surface area contributed by atoms with Gasteiger partial charge in [-0.1, -0.05) is 135 Å². The number of rotatable bonds is 3. The molecule has 0 nitrogen and oxygen atoms in total. The highest BCUT2D eigenvalue weighted by Crippen LogP contribution is 2.52. The average Bonchev–Trinajstić information content (AvgIpc) is 3.26. The molecule has 6 aromatic rings. The van der Waals surface area contributed by atoms with E-state index in [-0.39, 0.29) is 5.41 Å². The molecule has 6 aromatic carbocycles. The predicted molar refractivity (Wildman–Crippen MR) is 176 cm³/mol. The Morgan fingerprint density at radius 3 is 1.56 bits per heavy atom. The number of fused-ring (bicyclic) bond motifs is 5. The van der Waals surface area contributed by atoms with Gasteiger partial charge in [0.1, 0.15) is 0 Å². The van der Waals surface area contributed by atoms with Crippen molar-refractivity contribution in [1.82, 2.24) is 0 Å². The van der Waals surface area contributed by atoms with Gasteiger partial charge in [0, 0.05) is 5.41 Å². The van der Waals surface area contributed by atoms with Gasteiger partial charge in [-0.2, -0.15) is 0 Å². The van der Waals surface area contributed by atoms with Crippen LogP contribution in [0.4, 0.5) is 0 Å². The maximum atomic E-state index is 2.48. The molecule has 0 N–H and O–H groups in total. The highest BCUT2D eigenvalue weighted by atomic mass is 14.4. The van der Waals surface area contributed by atoms with Crippen LogP contribution >= 0.6 is 0 Å². The molecule has 196 valence electrons. The molecule has 0 atom stereocenters. The molecule has 0 aliphatic heterocycles. The van der Waals surface area contributed by atoms with Crippen LogP contribution in [-0.2, 0) is 5.41 Å². The summed E-state index contributed by atoms with van der Waals surface area (Å²) < 4.78 is 0. The van der Waals surface area contributed by atoms with Gasteiger partial charge < -0.3 is 0 Å². The number of benzene rings is 6. The summed E-state index contributed by atoms with van der Waals surface area (Å²) in [5, 5.41) is 5.20. The lowest BCUT2D eigenvalue weighted by Gasteiger charge is -2.23. The molecule has 0 spiro atoms. The Bertz CT molecular complexity index is 1990. The highest BCUT2D eigenvalue weighted by Gasteiger charge is 2.36. The Labute approximate surface area is 242 Å². The summed E-state index contributed by atoms with van der Waals surface area (Å²) >= 11 is 0. The van der Waals surface area contributed by atoms with Crippen molar-refractivity contribution in [3.8, 4) is 33.4 Å². The Balaban J connectivity index is 1.35. The van der Waals surface area contributed by atoms with Crippen molar-refractivity contribution in [1.29, 1.82) is 0 Å². The van der Waals surface area contributed by atoms with Crippen LogP contribution in [0.5, 0.6) is 0 Å². The molecule has 0 radical (unpaired) electrons. The van der Waals surface area contributed by atoms with Gasteiger partial charge in [-0.15, -0.1) is 0 Å². The molecule has 0 heteroatoms. The molecule has 0 saturated heterocycles. The zero-order valence-electron chi connectivity index (χ0n) is 23.6. The zero-order chi connectivity index (χ0) is 27.6. The molecule has 0 saturated carbocycles. The van der Waals surface area contributed by atoms with Crippen molar-refractivity contribution >= 4 is 27.1 Å². The third kappa shape index (κ3) is 3.67. The van der Waals surface area contributed by atoms with E-state index >= 15 is 0 Å². The molecule has 2 aliphatic carbocycles. The maximum Gasteiger partial charge on any atom is 0.0159 e. The van der Waals surface area contributed by atoms with Gasteiger partial charge in [0.25, 0.3) is 0 Å². The second-order valence-corrected chi connectivity index (χ2v) is 12.0. The van der Waals surface area contributed by atoms with Crippen LogP contribution in [0.3, 0.4) is 0 Å². The van der Waals surface area contributed by atoms with Gasteiger partial charge in [-0.3, -0.25) is 0 Å². The van der Waals surface area contributed by atoms with Crippen LogP contribution in [0.1, 0.15) is 43.4 Å². The van der Waals surface area contributed by atoms with Gasteiger partial charge in [-0.25, -0.2) is 0 Å². The van der Waals surface area contributed by atoms with Crippen LogP contribution in [0.25, 0.3) is 60.5 Å². The fraction of sp³-hybridized carbons (Fsp3) is 0.122.